The van der Waals surface area contributed by atoms with E-state index < -0.39 is 39.4 Å². The Balaban J connectivity index is 1.51. The minimum Gasteiger partial charge on any atom is -0.484 e. The van der Waals surface area contributed by atoms with Crippen LogP contribution < -0.4 is 10.1 Å². The lowest BCUT2D eigenvalue weighted by atomic mass is 9.97. The van der Waals surface area contributed by atoms with Crippen LogP contribution in [0.15, 0.2) is 78.5 Å². The molecular formula is C24H21N3O7S. The maximum absolute atomic E-state index is 12.8. The highest BCUT2D eigenvalue weighted by atomic mass is 32.2. The standard InChI is InChI=1S/C24H21N3O7S/c1-2-17-18(12-14-8-10-15(11-9-14)27(32)33)35-23-20(22(29)26(23)21(17)24(30)31)25-19(28)13-34-16-6-4-3-5-7-16/h2-11,18,20,23H,1,12-13H2,(H,25,28)(H,30,31)/t18?,20-,23-/m1/s1. The molecule has 180 valence electrons. The number of benzene rings is 2. The molecule has 2 aromatic carbocycles. The van der Waals surface area contributed by atoms with Gasteiger partial charge in [-0.15, -0.1) is 11.8 Å². The van der Waals surface area contributed by atoms with Gasteiger partial charge in [-0.1, -0.05) is 43.0 Å². The zero-order valence-electron chi connectivity index (χ0n) is 18.3. The number of β-lactam (4-membered cyclic amide) rings is 1. The number of nitrogens with zero attached hydrogens (tertiary/aromatic N) is 2. The van der Waals surface area contributed by atoms with Gasteiger partial charge in [0.1, 0.15) is 22.9 Å². The molecule has 4 rings (SSSR count). The monoisotopic (exact) mass is 495 g/mol. The van der Waals surface area contributed by atoms with E-state index in [0.717, 1.165) is 5.56 Å². The predicted molar refractivity (Wildman–Crippen MR) is 128 cm³/mol. The van der Waals surface area contributed by atoms with Gasteiger partial charge >= 0.3 is 5.97 Å². The summed E-state index contributed by atoms with van der Waals surface area (Å²) in [6, 6.07) is 13.8. The first-order chi connectivity index (χ1) is 16.8. The van der Waals surface area contributed by atoms with Crippen molar-refractivity contribution < 1.29 is 29.2 Å². The first-order valence-corrected chi connectivity index (χ1v) is 11.5. The summed E-state index contributed by atoms with van der Waals surface area (Å²) in [7, 11) is 0. The fraction of sp³-hybridized carbons (Fsp3) is 0.208. The summed E-state index contributed by atoms with van der Waals surface area (Å²) in [5, 5.41) is 22.4. The highest BCUT2D eigenvalue weighted by Gasteiger charge is 2.55. The summed E-state index contributed by atoms with van der Waals surface area (Å²) in [5.74, 6) is -1.80. The second-order valence-electron chi connectivity index (χ2n) is 7.81. The Morgan fingerprint density at radius 3 is 2.49 bits per heavy atom. The summed E-state index contributed by atoms with van der Waals surface area (Å²) in [4.78, 5) is 48.9. The Labute approximate surface area is 204 Å². The zero-order chi connectivity index (χ0) is 25.1. The van der Waals surface area contributed by atoms with Gasteiger partial charge in [-0.2, -0.15) is 0 Å². The van der Waals surface area contributed by atoms with Crippen molar-refractivity contribution in [2.75, 3.05) is 6.61 Å². The van der Waals surface area contributed by atoms with Gasteiger partial charge in [-0.25, -0.2) is 4.79 Å². The number of rotatable bonds is 9. The van der Waals surface area contributed by atoms with Crippen LogP contribution in [0.1, 0.15) is 5.56 Å². The van der Waals surface area contributed by atoms with E-state index >= 15 is 0 Å². The smallest absolute Gasteiger partial charge is 0.352 e. The lowest BCUT2D eigenvalue weighted by Crippen LogP contribution is -2.71. The Kier molecular flexibility index (Phi) is 6.87. The normalized spacial score (nSPS) is 21.0. The number of carbonyl (C=O) groups is 3. The summed E-state index contributed by atoms with van der Waals surface area (Å²) < 4.78 is 5.42. The number of aliphatic carboxylic acids is 1. The Morgan fingerprint density at radius 2 is 1.89 bits per heavy atom. The molecule has 1 unspecified atom stereocenters. The number of fused-ring (bicyclic) bond motifs is 1. The van der Waals surface area contributed by atoms with Gasteiger partial charge in [0.25, 0.3) is 17.5 Å². The highest BCUT2D eigenvalue weighted by Crippen LogP contribution is 2.45. The average molecular weight is 496 g/mol. The number of nitro benzene ring substituents is 1. The van der Waals surface area contributed by atoms with E-state index in [2.05, 4.69) is 11.9 Å². The van der Waals surface area contributed by atoms with Crippen molar-refractivity contribution in [1.29, 1.82) is 0 Å². The fourth-order valence-corrected chi connectivity index (χ4v) is 5.62. The van der Waals surface area contributed by atoms with Crippen LogP contribution in [-0.2, 0) is 20.8 Å². The van der Waals surface area contributed by atoms with E-state index in [-0.39, 0.29) is 18.0 Å². The first kappa shape index (κ1) is 24.0. The second kappa shape index (κ2) is 10.0. The van der Waals surface area contributed by atoms with Gasteiger partial charge in [0.2, 0.25) is 0 Å². The number of carbonyl (C=O) groups excluding carboxylic acids is 2. The van der Waals surface area contributed by atoms with Crippen LogP contribution in [0.3, 0.4) is 0 Å². The Morgan fingerprint density at radius 1 is 1.20 bits per heavy atom. The van der Waals surface area contributed by atoms with Crippen LogP contribution in [0.2, 0.25) is 0 Å². The number of non-ortho nitro benzene ring substituents is 1. The van der Waals surface area contributed by atoms with Crippen LogP contribution in [0.5, 0.6) is 5.75 Å². The molecule has 2 aliphatic rings. The molecule has 2 amide bonds. The van der Waals surface area contributed by atoms with Gasteiger partial charge in [0, 0.05) is 17.4 Å². The number of carboxylic acid groups (broad SMARTS) is 1. The van der Waals surface area contributed by atoms with Crippen molar-refractivity contribution in [2.45, 2.75) is 23.1 Å². The van der Waals surface area contributed by atoms with Crippen molar-refractivity contribution >= 4 is 35.2 Å². The Hall–Kier alpha value is -4.12. The van der Waals surface area contributed by atoms with Gasteiger partial charge in [-0.3, -0.25) is 24.6 Å². The minimum atomic E-state index is -1.27. The van der Waals surface area contributed by atoms with Crippen LogP contribution >= 0.6 is 11.8 Å². The molecule has 2 N–H and O–H groups in total. The quantitative estimate of drug-likeness (QED) is 0.307. The maximum Gasteiger partial charge on any atom is 0.352 e. The van der Waals surface area contributed by atoms with E-state index in [0.29, 0.717) is 17.7 Å². The van der Waals surface area contributed by atoms with Crippen molar-refractivity contribution in [3.05, 3.63) is 94.2 Å². The molecule has 0 spiro atoms. The third-order valence-corrected chi connectivity index (χ3v) is 7.14. The van der Waals surface area contributed by atoms with E-state index in [1.54, 1.807) is 36.4 Å². The molecule has 2 aromatic rings. The van der Waals surface area contributed by atoms with Crippen molar-refractivity contribution in [2.24, 2.45) is 0 Å². The lowest BCUT2D eigenvalue weighted by molar-refractivity contribution is -0.384. The summed E-state index contributed by atoms with van der Waals surface area (Å²) in [6.45, 7) is 3.43. The van der Waals surface area contributed by atoms with Gasteiger partial charge in [-0.05, 0) is 29.7 Å². The number of nitro groups is 1. The zero-order valence-corrected chi connectivity index (χ0v) is 19.1. The summed E-state index contributed by atoms with van der Waals surface area (Å²) in [5.41, 5.74) is 0.912. The van der Waals surface area contributed by atoms with E-state index in [1.165, 1.54) is 34.9 Å². The maximum atomic E-state index is 12.8. The number of allylic oxidation sites excluding steroid dienone is 1. The Bertz CT molecular complexity index is 1210. The summed E-state index contributed by atoms with van der Waals surface area (Å²) >= 11 is 1.33. The molecule has 11 heteroatoms. The van der Waals surface area contributed by atoms with E-state index in [9.17, 15) is 29.6 Å². The molecule has 2 heterocycles. The third kappa shape index (κ3) is 4.90. The number of ether oxygens (including phenoxy) is 1. The van der Waals surface area contributed by atoms with Gasteiger partial charge < -0.3 is 15.2 Å². The molecule has 0 aliphatic carbocycles. The van der Waals surface area contributed by atoms with Crippen molar-refractivity contribution in [1.82, 2.24) is 10.2 Å². The van der Waals surface area contributed by atoms with Gasteiger partial charge in [0.05, 0.1) is 4.92 Å². The first-order valence-electron chi connectivity index (χ1n) is 10.6. The molecule has 10 nitrogen and oxygen atoms in total. The average Bonchev–Trinajstić information content (AvgIpc) is 2.86. The molecule has 0 aromatic heterocycles. The van der Waals surface area contributed by atoms with E-state index in [4.69, 9.17) is 4.74 Å². The minimum absolute atomic E-state index is 0.0491. The van der Waals surface area contributed by atoms with Crippen LogP contribution in [0.4, 0.5) is 5.69 Å². The number of thioether (sulfide) groups is 1. The molecule has 3 atom stereocenters. The number of carboxylic acids is 1. The molecular weight excluding hydrogens is 474 g/mol. The number of hydrogen-bond donors (Lipinski definition) is 2. The lowest BCUT2D eigenvalue weighted by Gasteiger charge is -2.51. The molecule has 1 fully saturated rings. The van der Waals surface area contributed by atoms with Crippen molar-refractivity contribution in [3.8, 4) is 5.75 Å². The molecule has 0 bridgehead atoms. The molecule has 0 saturated carbocycles. The highest BCUT2D eigenvalue weighted by molar-refractivity contribution is 8.00. The van der Waals surface area contributed by atoms with Crippen LogP contribution in [0.25, 0.3) is 0 Å². The number of nitrogens with one attached hydrogen (secondary N) is 1. The molecule has 2 aliphatic heterocycles. The van der Waals surface area contributed by atoms with Crippen LogP contribution in [0, 0.1) is 10.1 Å². The summed E-state index contributed by atoms with van der Waals surface area (Å²) in [6.07, 6.45) is 1.77. The number of hydrogen-bond acceptors (Lipinski definition) is 7. The predicted octanol–water partition coefficient (Wildman–Crippen LogP) is 2.51. The van der Waals surface area contributed by atoms with E-state index in [1.807, 2.05) is 6.07 Å². The molecule has 35 heavy (non-hydrogen) atoms. The largest absolute Gasteiger partial charge is 0.484 e. The third-order valence-electron chi connectivity index (χ3n) is 5.63. The second-order valence-corrected chi connectivity index (χ2v) is 9.14. The van der Waals surface area contributed by atoms with Crippen LogP contribution in [-0.4, -0.2) is 56.0 Å². The van der Waals surface area contributed by atoms with Gasteiger partial charge in [0.15, 0.2) is 6.61 Å². The fourth-order valence-electron chi connectivity index (χ4n) is 3.97. The van der Waals surface area contributed by atoms with Crippen molar-refractivity contribution in [3.63, 3.8) is 0 Å². The molecule has 1 saturated heterocycles. The number of para-hydroxylation sites is 1. The topological polar surface area (TPSA) is 139 Å². The SMILES string of the molecule is C=CC1=C(C(=O)O)N2C(=O)[C@@H](NC(=O)COc3ccccc3)[C@H]2SC1Cc1ccc([N+](=O)[O-])cc1. The molecule has 0 radical (unpaired) electrons. The number of amides is 2.